The molecule has 0 spiro atoms. The summed E-state index contributed by atoms with van der Waals surface area (Å²) in [6.07, 6.45) is 0. The number of rotatable bonds is 0. The molecule has 0 amide bonds. The molecule has 0 atom stereocenters. The van der Waals surface area contributed by atoms with Crippen molar-refractivity contribution in [2.45, 2.75) is 0 Å². The summed E-state index contributed by atoms with van der Waals surface area (Å²) < 4.78 is 3.38. The van der Waals surface area contributed by atoms with Crippen LogP contribution < -0.4 is 0 Å². The van der Waals surface area contributed by atoms with Gasteiger partial charge < -0.3 is 0 Å². The fraction of sp³-hybridized carbons (Fsp3) is 0. The molecule has 0 unspecified atom stereocenters. The summed E-state index contributed by atoms with van der Waals surface area (Å²) in [5.41, 5.74) is 0. The highest BCUT2D eigenvalue weighted by Crippen LogP contribution is 2.29. The molecule has 0 aliphatic heterocycles. The molecule has 0 aliphatic rings. The molecule has 4 heteroatoms. The van der Waals surface area contributed by atoms with Gasteiger partial charge in [0.05, 0.1) is 5.02 Å². The molecule has 0 bridgehead atoms. The normalized spacial score (nSPS) is 10.0. The van der Waals surface area contributed by atoms with Crippen LogP contribution >= 0.6 is 72.7 Å². The van der Waals surface area contributed by atoms with Crippen LogP contribution in [0.3, 0.4) is 0 Å². The van der Waals surface area contributed by atoms with Crippen LogP contribution in [0.25, 0.3) is 0 Å². The standard InChI is InChI=1S/C6H2BrClI2/c7-3-1-2-4(8)6(10)5(3)9/h1-2H. The van der Waals surface area contributed by atoms with E-state index in [1.165, 1.54) is 3.57 Å². The van der Waals surface area contributed by atoms with Crippen LogP contribution in [0.1, 0.15) is 0 Å². The van der Waals surface area contributed by atoms with Gasteiger partial charge in [0.1, 0.15) is 0 Å². The summed E-state index contributed by atoms with van der Waals surface area (Å²) in [6, 6.07) is 3.84. The Morgan fingerprint density at radius 2 is 1.80 bits per heavy atom. The molecule has 54 valence electrons. The number of hydrogen-bond acceptors (Lipinski definition) is 0. The molecule has 0 nitrogen and oxygen atoms in total. The lowest BCUT2D eigenvalue weighted by Gasteiger charge is -2.00. The lowest BCUT2D eigenvalue weighted by molar-refractivity contribution is 1.53. The zero-order valence-corrected chi connectivity index (χ0v) is 11.3. The van der Waals surface area contributed by atoms with E-state index < -0.39 is 0 Å². The van der Waals surface area contributed by atoms with Gasteiger partial charge in [-0.15, -0.1) is 0 Å². The van der Waals surface area contributed by atoms with E-state index in [-0.39, 0.29) is 0 Å². The van der Waals surface area contributed by atoms with Crippen molar-refractivity contribution < 1.29 is 0 Å². The van der Waals surface area contributed by atoms with Crippen molar-refractivity contribution in [2.24, 2.45) is 0 Å². The average Bonchev–Trinajstić information content (AvgIpc) is 1.93. The van der Waals surface area contributed by atoms with Gasteiger partial charge in [0, 0.05) is 11.6 Å². The molecule has 0 heterocycles. The molecule has 0 N–H and O–H groups in total. The van der Waals surface area contributed by atoms with Crippen molar-refractivity contribution in [1.82, 2.24) is 0 Å². The molecular weight excluding hydrogens is 441 g/mol. The predicted octanol–water partition coefficient (Wildman–Crippen LogP) is 4.31. The molecule has 10 heavy (non-hydrogen) atoms. The Bertz CT molecular complexity index is 235. The lowest BCUT2D eigenvalue weighted by Crippen LogP contribution is -1.81. The summed E-state index contributed by atoms with van der Waals surface area (Å²) in [6.45, 7) is 0. The quantitative estimate of drug-likeness (QED) is 0.319. The van der Waals surface area contributed by atoms with E-state index in [0.29, 0.717) is 0 Å². The molecular formula is C6H2BrClI2. The minimum absolute atomic E-state index is 0.813. The molecule has 0 saturated carbocycles. The highest BCUT2D eigenvalue weighted by atomic mass is 127. The van der Waals surface area contributed by atoms with Gasteiger partial charge in [-0.25, -0.2) is 0 Å². The van der Waals surface area contributed by atoms with Crippen molar-refractivity contribution in [2.75, 3.05) is 0 Å². The maximum atomic E-state index is 5.85. The first-order valence-electron chi connectivity index (χ1n) is 2.42. The van der Waals surface area contributed by atoms with Crippen LogP contribution in [0.15, 0.2) is 16.6 Å². The molecule has 0 aromatic heterocycles. The first kappa shape index (κ1) is 9.54. The molecule has 0 fully saturated rings. The molecule has 1 rings (SSSR count). The van der Waals surface area contributed by atoms with E-state index in [2.05, 4.69) is 61.1 Å². The number of hydrogen-bond donors (Lipinski definition) is 0. The van der Waals surface area contributed by atoms with Crippen LogP contribution in [0.4, 0.5) is 0 Å². The summed E-state index contributed by atoms with van der Waals surface area (Å²) in [5.74, 6) is 0. The van der Waals surface area contributed by atoms with Gasteiger partial charge in [-0.05, 0) is 73.2 Å². The summed E-state index contributed by atoms with van der Waals surface area (Å²) in [4.78, 5) is 0. The third-order valence-electron chi connectivity index (χ3n) is 0.988. The second-order valence-corrected chi connectivity index (χ2v) is 5.08. The van der Waals surface area contributed by atoms with Crippen molar-refractivity contribution >= 4 is 72.7 Å². The van der Waals surface area contributed by atoms with Crippen molar-refractivity contribution in [3.8, 4) is 0 Å². The highest BCUT2D eigenvalue weighted by Gasteiger charge is 2.03. The second-order valence-electron chi connectivity index (χ2n) is 1.66. The topological polar surface area (TPSA) is 0 Å². The molecule has 0 aliphatic carbocycles. The minimum atomic E-state index is 0.813. The van der Waals surface area contributed by atoms with Crippen LogP contribution in [0.5, 0.6) is 0 Å². The minimum Gasteiger partial charge on any atom is -0.0831 e. The van der Waals surface area contributed by atoms with E-state index in [1.54, 1.807) is 0 Å². The third kappa shape index (κ3) is 1.98. The van der Waals surface area contributed by atoms with Gasteiger partial charge in [0.15, 0.2) is 0 Å². The Morgan fingerprint density at radius 3 is 2.30 bits per heavy atom. The highest BCUT2D eigenvalue weighted by molar-refractivity contribution is 14.1. The van der Waals surface area contributed by atoms with E-state index in [9.17, 15) is 0 Å². The number of benzene rings is 1. The molecule has 0 saturated heterocycles. The van der Waals surface area contributed by atoms with E-state index in [1.807, 2.05) is 12.1 Å². The first-order chi connectivity index (χ1) is 4.63. The maximum Gasteiger partial charge on any atom is 0.0551 e. The Kier molecular flexibility index (Phi) is 3.73. The third-order valence-corrected chi connectivity index (χ3v) is 6.30. The smallest absolute Gasteiger partial charge is 0.0551 e. The first-order valence-corrected chi connectivity index (χ1v) is 5.75. The average molecular weight is 443 g/mol. The zero-order chi connectivity index (χ0) is 7.72. The molecule has 0 radical (unpaired) electrons. The summed E-state index contributed by atoms with van der Waals surface area (Å²) in [7, 11) is 0. The largest absolute Gasteiger partial charge is 0.0831 e. The maximum absolute atomic E-state index is 5.85. The Balaban J connectivity index is 3.34. The van der Waals surface area contributed by atoms with Gasteiger partial charge in [-0.3, -0.25) is 0 Å². The fourth-order valence-electron chi connectivity index (χ4n) is 0.502. The summed E-state index contributed by atoms with van der Waals surface area (Å²) >= 11 is 13.7. The Morgan fingerprint density at radius 1 is 1.20 bits per heavy atom. The Hall–Kier alpha value is 1.45. The van der Waals surface area contributed by atoms with E-state index in [4.69, 9.17) is 11.6 Å². The van der Waals surface area contributed by atoms with Crippen LogP contribution in [-0.2, 0) is 0 Å². The van der Waals surface area contributed by atoms with Gasteiger partial charge in [0.25, 0.3) is 0 Å². The zero-order valence-electron chi connectivity index (χ0n) is 4.67. The van der Waals surface area contributed by atoms with Crippen LogP contribution in [0, 0.1) is 7.14 Å². The Labute approximate surface area is 100 Å². The van der Waals surface area contributed by atoms with Crippen LogP contribution in [0.2, 0.25) is 5.02 Å². The predicted molar refractivity (Wildman–Crippen MR) is 64.6 cm³/mol. The van der Waals surface area contributed by atoms with Gasteiger partial charge in [-0.2, -0.15) is 0 Å². The van der Waals surface area contributed by atoms with E-state index >= 15 is 0 Å². The van der Waals surface area contributed by atoms with Gasteiger partial charge in [0.2, 0.25) is 0 Å². The fourth-order valence-corrected chi connectivity index (χ4v) is 2.46. The van der Waals surface area contributed by atoms with Gasteiger partial charge in [-0.1, -0.05) is 11.6 Å². The molecule has 1 aromatic rings. The summed E-state index contributed by atoms with van der Waals surface area (Å²) in [5, 5.41) is 0.813. The van der Waals surface area contributed by atoms with Crippen molar-refractivity contribution in [3.63, 3.8) is 0 Å². The van der Waals surface area contributed by atoms with Gasteiger partial charge >= 0.3 is 0 Å². The monoisotopic (exact) mass is 442 g/mol. The lowest BCUT2D eigenvalue weighted by atomic mass is 10.4. The van der Waals surface area contributed by atoms with Crippen molar-refractivity contribution in [1.29, 1.82) is 0 Å². The SMILES string of the molecule is Clc1ccc(Br)c(I)c1I. The van der Waals surface area contributed by atoms with E-state index in [0.717, 1.165) is 13.1 Å². The molecule has 1 aromatic carbocycles. The second kappa shape index (κ2) is 3.91. The van der Waals surface area contributed by atoms with Crippen molar-refractivity contribution in [3.05, 3.63) is 28.8 Å². The number of halogens is 4. The van der Waals surface area contributed by atoms with Crippen LogP contribution in [-0.4, -0.2) is 0 Å².